The van der Waals surface area contributed by atoms with Gasteiger partial charge in [0.2, 0.25) is 5.71 Å². The molecule has 13 heteroatoms. The topological polar surface area (TPSA) is 156 Å². The van der Waals surface area contributed by atoms with Crippen LogP contribution in [0.5, 0.6) is 0 Å². The molecule has 1 aliphatic carbocycles. The van der Waals surface area contributed by atoms with E-state index in [1.807, 2.05) is 46.2 Å². The fourth-order valence-corrected chi connectivity index (χ4v) is 9.79. The summed E-state index contributed by atoms with van der Waals surface area (Å²) < 4.78 is 69.3. The summed E-state index contributed by atoms with van der Waals surface area (Å²) in [5, 5.41) is 9.16. The van der Waals surface area contributed by atoms with Crippen LogP contribution in [-0.4, -0.2) is 85.0 Å². The number of allylic oxidation sites excluding steroid dienone is 8. The molecule has 11 nitrogen and oxygen atoms in total. The summed E-state index contributed by atoms with van der Waals surface area (Å²) >= 11 is 0. The molecule has 3 aliphatic heterocycles. The van der Waals surface area contributed by atoms with Gasteiger partial charge in [0.15, 0.2) is 0 Å². The van der Waals surface area contributed by atoms with Gasteiger partial charge in [-0.25, -0.2) is 4.58 Å². The van der Waals surface area contributed by atoms with Crippen molar-refractivity contribution in [2.24, 2.45) is 5.92 Å². The van der Waals surface area contributed by atoms with E-state index in [1.165, 1.54) is 11.1 Å². The van der Waals surface area contributed by atoms with Crippen molar-refractivity contribution < 1.29 is 40.4 Å². The molecule has 0 amide bonds. The quantitative estimate of drug-likeness (QED) is 0.153. The van der Waals surface area contributed by atoms with Crippen LogP contribution in [0.3, 0.4) is 0 Å². The molecular weight excluding hydrogens is 739 g/mol. The maximum atomic E-state index is 11.9. The molecule has 6 rings (SSSR count). The number of carboxylic acids is 1. The van der Waals surface area contributed by atoms with Crippen LogP contribution in [0.4, 0.5) is 11.4 Å². The SMILES string of the molecule is CC1(C)/C(=C\C=C2/CC/C(=C\C=C3\N(CCS(=O)(=O)O)c4ccccc4C3(C)C)C2=[N+]2CCC(CCCC(=O)O)CC2)N(CCS(=O)(=O)O)c2ccccc21. The smallest absolute Gasteiger partial charge is 0.303 e. The molecule has 0 bridgehead atoms. The molecule has 0 atom stereocenters. The Morgan fingerprint density at radius 1 is 0.745 bits per heavy atom. The van der Waals surface area contributed by atoms with Crippen molar-refractivity contribution in [3.05, 3.63) is 107 Å². The number of nitrogens with zero attached hydrogens (tertiary/aromatic N) is 3. The second-order valence-corrected chi connectivity index (χ2v) is 19.4. The molecule has 1 saturated heterocycles. The Balaban J connectivity index is 1.40. The van der Waals surface area contributed by atoms with Crippen LogP contribution in [0, 0.1) is 5.92 Å². The Morgan fingerprint density at radius 3 is 1.60 bits per heavy atom. The van der Waals surface area contributed by atoms with Crippen LogP contribution in [0.1, 0.15) is 83.8 Å². The Hall–Kier alpha value is -4.04. The maximum Gasteiger partial charge on any atom is 0.303 e. The molecule has 0 unspecified atom stereocenters. The van der Waals surface area contributed by atoms with Crippen LogP contribution in [0.2, 0.25) is 0 Å². The van der Waals surface area contributed by atoms with Gasteiger partial charge in [0.1, 0.15) is 13.1 Å². The first-order chi connectivity index (χ1) is 25.9. The molecule has 2 fully saturated rings. The van der Waals surface area contributed by atoms with Gasteiger partial charge >= 0.3 is 5.97 Å². The Kier molecular flexibility index (Phi) is 11.7. The Morgan fingerprint density at radius 2 is 1.18 bits per heavy atom. The minimum absolute atomic E-state index is 0.116. The summed E-state index contributed by atoms with van der Waals surface area (Å²) in [7, 11) is -8.38. The number of hydrogen-bond acceptors (Lipinski definition) is 7. The third-order valence-electron chi connectivity index (χ3n) is 11.8. The molecule has 3 heterocycles. The lowest BCUT2D eigenvalue weighted by atomic mass is 9.83. The molecule has 0 aromatic heterocycles. The third-order valence-corrected chi connectivity index (χ3v) is 13.2. The monoisotopic (exact) mass is 792 g/mol. The Labute approximate surface area is 325 Å². The Bertz CT molecular complexity index is 2070. The van der Waals surface area contributed by atoms with Crippen LogP contribution in [-0.2, 0) is 35.9 Å². The molecule has 296 valence electrons. The highest BCUT2D eigenvalue weighted by atomic mass is 32.2. The highest BCUT2D eigenvalue weighted by molar-refractivity contribution is 7.86. The summed E-state index contributed by atoms with van der Waals surface area (Å²) in [6.45, 7) is 10.4. The van der Waals surface area contributed by atoms with E-state index in [4.69, 9.17) is 5.11 Å². The fourth-order valence-electron chi connectivity index (χ4n) is 8.97. The number of anilines is 2. The molecule has 3 N–H and O–H groups in total. The van der Waals surface area contributed by atoms with Crippen LogP contribution in [0.15, 0.2) is 95.4 Å². The van der Waals surface area contributed by atoms with E-state index in [-0.39, 0.29) is 19.5 Å². The number of hydrogen-bond donors (Lipinski definition) is 3. The normalized spacial score (nSPS) is 23.7. The lowest BCUT2D eigenvalue weighted by molar-refractivity contribution is -0.540. The second kappa shape index (κ2) is 15.8. The molecule has 0 radical (unpaired) electrons. The van der Waals surface area contributed by atoms with E-state index < -0.39 is 48.5 Å². The molecule has 1 saturated carbocycles. The van der Waals surface area contributed by atoms with Gasteiger partial charge in [0.05, 0.1) is 11.5 Å². The second-order valence-electron chi connectivity index (χ2n) is 16.2. The minimum atomic E-state index is -4.19. The zero-order valence-electron chi connectivity index (χ0n) is 32.2. The number of benzene rings is 2. The third kappa shape index (κ3) is 9.01. The summed E-state index contributed by atoms with van der Waals surface area (Å²) in [4.78, 5) is 15.1. The number of piperidine rings is 1. The summed E-state index contributed by atoms with van der Waals surface area (Å²) in [5.74, 6) is -1.09. The van der Waals surface area contributed by atoms with Gasteiger partial charge in [-0.05, 0) is 67.0 Å². The van der Waals surface area contributed by atoms with Crippen molar-refractivity contribution in [2.45, 2.75) is 83.5 Å². The number of fused-ring (bicyclic) bond motifs is 2. The maximum absolute atomic E-state index is 11.9. The number of carboxylic acid groups (broad SMARTS) is 1. The van der Waals surface area contributed by atoms with E-state index in [2.05, 4.69) is 68.7 Å². The lowest BCUT2D eigenvalue weighted by Crippen LogP contribution is -2.32. The van der Waals surface area contributed by atoms with Gasteiger partial charge in [-0.1, -0.05) is 76.2 Å². The van der Waals surface area contributed by atoms with E-state index in [0.29, 0.717) is 12.3 Å². The van der Waals surface area contributed by atoms with Gasteiger partial charge in [-0.15, -0.1) is 0 Å². The van der Waals surface area contributed by atoms with E-state index in [1.54, 1.807) is 0 Å². The van der Waals surface area contributed by atoms with Crippen molar-refractivity contribution in [2.75, 3.05) is 47.5 Å². The van der Waals surface area contributed by atoms with Crippen LogP contribution >= 0.6 is 0 Å². The number of rotatable bonds is 12. The average molecular weight is 793 g/mol. The van der Waals surface area contributed by atoms with Gasteiger partial charge in [0.25, 0.3) is 20.2 Å². The van der Waals surface area contributed by atoms with Gasteiger partial charge in [-0.2, -0.15) is 16.8 Å². The van der Waals surface area contributed by atoms with E-state index >= 15 is 0 Å². The predicted octanol–water partition coefficient (Wildman–Crippen LogP) is 6.89. The molecule has 2 aromatic carbocycles. The highest BCUT2D eigenvalue weighted by Crippen LogP contribution is 2.49. The molecule has 2 aromatic rings. The van der Waals surface area contributed by atoms with E-state index in [0.717, 1.165) is 84.8 Å². The minimum Gasteiger partial charge on any atom is -0.481 e. The van der Waals surface area contributed by atoms with Crippen LogP contribution in [0.25, 0.3) is 0 Å². The van der Waals surface area contributed by atoms with Crippen molar-refractivity contribution in [3.8, 4) is 0 Å². The first-order valence-corrected chi connectivity index (χ1v) is 22.4. The first-order valence-electron chi connectivity index (χ1n) is 19.2. The molecule has 55 heavy (non-hydrogen) atoms. The molecular formula is C42H54N3O8S2+. The highest BCUT2D eigenvalue weighted by Gasteiger charge is 2.42. The summed E-state index contributed by atoms with van der Waals surface area (Å²) in [5.41, 5.74) is 8.56. The van der Waals surface area contributed by atoms with Crippen LogP contribution < -0.4 is 9.80 Å². The van der Waals surface area contributed by atoms with Crippen molar-refractivity contribution >= 4 is 43.3 Å². The van der Waals surface area contributed by atoms with Crippen molar-refractivity contribution in [3.63, 3.8) is 0 Å². The summed E-state index contributed by atoms with van der Waals surface area (Å²) in [6, 6.07) is 15.9. The molecule has 4 aliphatic rings. The van der Waals surface area contributed by atoms with E-state index in [9.17, 15) is 30.7 Å². The van der Waals surface area contributed by atoms with Crippen molar-refractivity contribution in [1.82, 2.24) is 0 Å². The first kappa shape index (κ1) is 40.6. The fraction of sp³-hybridized carbons (Fsp3) is 0.476. The predicted molar refractivity (Wildman–Crippen MR) is 217 cm³/mol. The standard InChI is InChI=1S/C42H53N3O8S2/c1-41(2)33-11-5-7-13-35(33)44(26-28-54(48,49)50)37(41)20-18-31-16-17-32(40(31)43-24-22-30(23-25-43)10-9-15-39(46)47)19-21-38-42(3,4)34-12-6-8-14-36(34)45(38)27-29-55(51,52)53/h5-8,11-14,18-21,30H,9-10,15-17,22-29H2,1-4H3,(H2-,46,47,48,49,50,51,52,53)/p+1. The van der Waals surface area contributed by atoms with Gasteiger partial charge in [-0.3, -0.25) is 13.9 Å². The summed E-state index contributed by atoms with van der Waals surface area (Å²) in [6.07, 6.45) is 13.8. The van der Waals surface area contributed by atoms with Gasteiger partial charge in [0, 0.05) is 77.1 Å². The van der Waals surface area contributed by atoms with Gasteiger partial charge < -0.3 is 14.9 Å². The lowest BCUT2D eigenvalue weighted by Gasteiger charge is -2.27. The molecule has 0 spiro atoms. The largest absolute Gasteiger partial charge is 0.481 e. The number of aliphatic carboxylic acids is 1. The number of carbonyl (C=O) groups is 1. The number of para-hydroxylation sites is 2. The zero-order chi connectivity index (χ0) is 39.8. The van der Waals surface area contributed by atoms with Crippen molar-refractivity contribution in [1.29, 1.82) is 0 Å². The zero-order valence-corrected chi connectivity index (χ0v) is 33.9. The average Bonchev–Trinajstić information content (AvgIpc) is 3.69.